The number of hydrogen-bond acceptors (Lipinski definition) is 2. The van der Waals surface area contributed by atoms with Gasteiger partial charge in [0.1, 0.15) is 9.84 Å². The van der Waals surface area contributed by atoms with Gasteiger partial charge in [0, 0.05) is 0 Å². The second kappa shape index (κ2) is 7.91. The number of hydrogen-bond donors (Lipinski definition) is 0. The van der Waals surface area contributed by atoms with Gasteiger partial charge in [-0.2, -0.15) is 0 Å². The lowest BCUT2D eigenvalue weighted by molar-refractivity contribution is 0.602. The van der Waals surface area contributed by atoms with Gasteiger partial charge in [0.2, 0.25) is 0 Å². The summed E-state index contributed by atoms with van der Waals surface area (Å²) in [4.78, 5) is 0. The Bertz CT molecular complexity index is 147. The van der Waals surface area contributed by atoms with E-state index < -0.39 is 9.84 Å². The smallest absolute Gasteiger partial charge is 0.150 e. The summed E-state index contributed by atoms with van der Waals surface area (Å²) in [7, 11) is -2.55. The SMILES string of the molecule is B.F.F.F.O=S1(=O)CCCC1. The summed E-state index contributed by atoms with van der Waals surface area (Å²) >= 11 is 0. The van der Waals surface area contributed by atoms with E-state index in [-0.39, 0.29) is 22.5 Å². The quantitative estimate of drug-likeness (QED) is 0.485. The summed E-state index contributed by atoms with van der Waals surface area (Å²) in [5.74, 6) is 0.847. The summed E-state index contributed by atoms with van der Waals surface area (Å²) in [6.45, 7) is 0. The summed E-state index contributed by atoms with van der Waals surface area (Å²) in [5, 5.41) is 0. The molecule has 0 N–H and O–H groups in total. The van der Waals surface area contributed by atoms with Crippen LogP contribution in [0, 0.1) is 0 Å². The third-order valence-electron chi connectivity index (χ3n) is 1.16. The predicted molar refractivity (Wildman–Crippen MR) is 45.3 cm³/mol. The van der Waals surface area contributed by atoms with E-state index in [2.05, 4.69) is 0 Å². The van der Waals surface area contributed by atoms with Crippen LogP contribution in [0.5, 0.6) is 0 Å². The van der Waals surface area contributed by atoms with Crippen LogP contribution in [0.15, 0.2) is 0 Å². The van der Waals surface area contributed by atoms with Crippen molar-refractivity contribution in [1.82, 2.24) is 0 Å². The summed E-state index contributed by atoms with van der Waals surface area (Å²) in [6, 6.07) is 0. The van der Waals surface area contributed by atoms with Crippen molar-refractivity contribution in [3.63, 3.8) is 0 Å². The Morgan fingerprint density at radius 1 is 0.818 bits per heavy atom. The normalized spacial score (nSPS) is 17.8. The standard InChI is InChI=1S/C4H8O2S.BH3.3FH/c5-7(6)3-1-2-4-7;;;;/h1-4H2;1H3;3*1H. The molecular formula is C4H14BF3O2S. The van der Waals surface area contributed by atoms with E-state index in [0.717, 1.165) is 12.8 Å². The third kappa shape index (κ3) is 7.70. The summed E-state index contributed by atoms with van der Waals surface area (Å²) in [5.41, 5.74) is 0. The number of rotatable bonds is 0. The molecule has 1 aliphatic heterocycles. The molecular weight excluding hydrogens is 180 g/mol. The highest BCUT2D eigenvalue weighted by Gasteiger charge is 2.16. The van der Waals surface area contributed by atoms with Gasteiger partial charge in [-0.1, -0.05) is 0 Å². The minimum Gasteiger partial charge on any atom is -0.269 e. The highest BCUT2D eigenvalue weighted by Crippen LogP contribution is 2.08. The molecule has 1 heterocycles. The first-order chi connectivity index (χ1) is 3.21. The van der Waals surface area contributed by atoms with E-state index in [1.165, 1.54) is 0 Å². The van der Waals surface area contributed by atoms with E-state index in [1.807, 2.05) is 0 Å². The Labute approximate surface area is 66.0 Å². The Morgan fingerprint density at radius 2 is 1.09 bits per heavy atom. The van der Waals surface area contributed by atoms with Gasteiger partial charge in [-0.25, -0.2) is 8.42 Å². The molecule has 0 aromatic heterocycles. The minimum absolute atomic E-state index is 0. The van der Waals surface area contributed by atoms with E-state index in [1.54, 1.807) is 0 Å². The zero-order valence-corrected chi connectivity index (χ0v) is 6.09. The van der Waals surface area contributed by atoms with Crippen molar-refractivity contribution in [2.75, 3.05) is 11.5 Å². The van der Waals surface area contributed by atoms with Gasteiger partial charge in [-0.3, -0.25) is 14.1 Å². The minimum atomic E-state index is -2.55. The van der Waals surface area contributed by atoms with E-state index in [4.69, 9.17) is 0 Å². The Morgan fingerprint density at radius 3 is 1.18 bits per heavy atom. The predicted octanol–water partition coefficient (Wildman–Crippen LogP) is -0.531. The van der Waals surface area contributed by atoms with Gasteiger partial charge >= 0.3 is 0 Å². The monoisotopic (exact) mass is 194 g/mol. The molecule has 0 unspecified atom stereocenters. The van der Waals surface area contributed by atoms with Crippen LogP contribution in [0.2, 0.25) is 0 Å². The van der Waals surface area contributed by atoms with Crippen LogP contribution in [0.1, 0.15) is 12.8 Å². The molecule has 11 heavy (non-hydrogen) atoms. The maximum absolute atomic E-state index is 10.4. The second-order valence-corrected chi connectivity index (χ2v) is 4.16. The number of sulfone groups is 1. The lowest BCUT2D eigenvalue weighted by Gasteiger charge is -1.81. The first kappa shape index (κ1) is 22.4. The van der Waals surface area contributed by atoms with Crippen molar-refractivity contribution >= 4 is 18.3 Å². The average Bonchev–Trinajstić information content (AvgIpc) is 1.84. The van der Waals surface area contributed by atoms with Crippen molar-refractivity contribution in [2.45, 2.75) is 12.8 Å². The van der Waals surface area contributed by atoms with Gasteiger partial charge in [0.25, 0.3) is 0 Å². The van der Waals surface area contributed by atoms with Crippen LogP contribution in [0.4, 0.5) is 14.1 Å². The third-order valence-corrected chi connectivity index (χ3v) is 2.98. The largest absolute Gasteiger partial charge is 0.269 e. The van der Waals surface area contributed by atoms with Crippen molar-refractivity contribution in [2.24, 2.45) is 0 Å². The molecule has 0 saturated carbocycles. The molecule has 0 amide bonds. The summed E-state index contributed by atoms with van der Waals surface area (Å²) in [6.07, 6.45) is 1.75. The highest BCUT2D eigenvalue weighted by atomic mass is 32.2. The fraction of sp³-hybridized carbons (Fsp3) is 1.00. The highest BCUT2D eigenvalue weighted by molar-refractivity contribution is 7.91. The fourth-order valence-electron chi connectivity index (χ4n) is 0.746. The topological polar surface area (TPSA) is 34.1 Å². The van der Waals surface area contributed by atoms with Gasteiger partial charge in [-0.05, 0) is 12.8 Å². The van der Waals surface area contributed by atoms with E-state index in [9.17, 15) is 8.42 Å². The Balaban J connectivity index is -0.0000000612. The van der Waals surface area contributed by atoms with Crippen molar-refractivity contribution in [3.05, 3.63) is 0 Å². The fourth-order valence-corrected chi connectivity index (χ4v) is 2.24. The molecule has 1 aliphatic rings. The Kier molecular flexibility index (Phi) is 16.1. The van der Waals surface area contributed by atoms with Gasteiger partial charge in [0.05, 0.1) is 19.9 Å². The molecule has 0 bridgehead atoms. The first-order valence-electron chi connectivity index (χ1n) is 2.41. The van der Waals surface area contributed by atoms with Gasteiger partial charge < -0.3 is 0 Å². The molecule has 0 atom stereocenters. The maximum Gasteiger partial charge on any atom is 0.150 e. The van der Waals surface area contributed by atoms with Crippen LogP contribution in [-0.2, 0) is 9.84 Å². The lowest BCUT2D eigenvalue weighted by atomic mass is 10.4. The van der Waals surface area contributed by atoms with Crippen LogP contribution in [-0.4, -0.2) is 28.3 Å². The van der Waals surface area contributed by atoms with Crippen LogP contribution in [0.3, 0.4) is 0 Å². The zero-order chi connectivity index (χ0) is 5.33. The van der Waals surface area contributed by atoms with E-state index in [0.29, 0.717) is 11.5 Å². The molecule has 0 aromatic carbocycles. The first-order valence-corrected chi connectivity index (χ1v) is 4.23. The molecule has 7 heteroatoms. The van der Waals surface area contributed by atoms with Crippen LogP contribution >= 0.6 is 0 Å². The molecule has 0 aromatic rings. The van der Waals surface area contributed by atoms with Crippen molar-refractivity contribution in [3.8, 4) is 0 Å². The molecule has 0 radical (unpaired) electrons. The molecule has 72 valence electrons. The van der Waals surface area contributed by atoms with Gasteiger partial charge in [0.15, 0.2) is 0 Å². The zero-order valence-electron chi connectivity index (χ0n) is 5.28. The lowest BCUT2D eigenvalue weighted by Crippen LogP contribution is -1.98. The van der Waals surface area contributed by atoms with Crippen molar-refractivity contribution in [1.29, 1.82) is 0 Å². The molecule has 1 rings (SSSR count). The van der Waals surface area contributed by atoms with Crippen LogP contribution < -0.4 is 0 Å². The average molecular weight is 194 g/mol. The van der Waals surface area contributed by atoms with E-state index >= 15 is 0 Å². The molecule has 1 saturated heterocycles. The molecule has 0 spiro atoms. The number of halogens is 3. The van der Waals surface area contributed by atoms with Gasteiger partial charge in [-0.15, -0.1) is 0 Å². The maximum atomic E-state index is 10.4. The van der Waals surface area contributed by atoms with Crippen molar-refractivity contribution < 1.29 is 22.5 Å². The Hall–Kier alpha value is -0.195. The second-order valence-electron chi connectivity index (χ2n) is 1.86. The molecule has 2 nitrogen and oxygen atoms in total. The molecule has 0 aliphatic carbocycles. The van der Waals surface area contributed by atoms with Crippen LogP contribution in [0.25, 0.3) is 0 Å². The molecule has 1 fully saturated rings. The summed E-state index contributed by atoms with van der Waals surface area (Å²) < 4.78 is 20.9.